The van der Waals surface area contributed by atoms with Gasteiger partial charge in [-0.1, -0.05) is 18.6 Å². The van der Waals surface area contributed by atoms with Crippen molar-refractivity contribution in [2.24, 2.45) is 23.5 Å². The van der Waals surface area contributed by atoms with Gasteiger partial charge in [-0.15, -0.1) is 0 Å². The topological polar surface area (TPSA) is 55.6 Å². The number of hydrogen-bond donors (Lipinski definition) is 1. The number of alkyl halides is 3. The number of nitrogens with zero attached hydrogens (tertiary/aromatic N) is 1. The van der Waals surface area contributed by atoms with Crippen LogP contribution < -0.4 is 5.73 Å². The smallest absolute Gasteiger partial charge is 0.370 e. The summed E-state index contributed by atoms with van der Waals surface area (Å²) < 4.78 is 44.7. The van der Waals surface area contributed by atoms with Crippen LogP contribution >= 0.6 is 0 Å². The SMILES string of the molecule is NC1C2CCCC1CC(C(=O)N1CCOC(c3cccc(C(F)(F)F)c3)C1)C2. The molecule has 3 atom stereocenters. The number of rotatable bonds is 2. The predicted molar refractivity (Wildman–Crippen MR) is 98.2 cm³/mol. The first-order chi connectivity index (χ1) is 13.3. The van der Waals surface area contributed by atoms with E-state index >= 15 is 0 Å². The lowest BCUT2D eigenvalue weighted by atomic mass is 9.65. The minimum Gasteiger partial charge on any atom is -0.370 e. The third kappa shape index (κ3) is 3.92. The second-order valence-corrected chi connectivity index (χ2v) is 8.46. The highest BCUT2D eigenvalue weighted by Crippen LogP contribution is 2.42. The van der Waals surface area contributed by atoms with Crippen molar-refractivity contribution >= 4 is 5.91 Å². The number of benzene rings is 1. The number of ether oxygens (including phenoxy) is 1. The standard InChI is InChI=1S/C21H27F3N2O2/c22-21(23,24)17-6-2-3-13(11-17)18-12-26(7-8-28-18)20(27)16-9-14-4-1-5-15(10-16)19(14)25/h2-3,6,11,14-16,18-19H,1,4-5,7-10,12,25H2. The fourth-order valence-electron chi connectivity index (χ4n) is 5.22. The van der Waals surface area contributed by atoms with Gasteiger partial charge < -0.3 is 15.4 Å². The highest BCUT2D eigenvalue weighted by Gasteiger charge is 2.42. The van der Waals surface area contributed by atoms with Crippen molar-refractivity contribution < 1.29 is 22.7 Å². The highest BCUT2D eigenvalue weighted by molar-refractivity contribution is 5.79. The maximum absolute atomic E-state index is 13.1. The molecule has 2 bridgehead atoms. The molecule has 1 aliphatic heterocycles. The molecule has 3 aliphatic rings. The molecule has 3 fully saturated rings. The second-order valence-electron chi connectivity index (χ2n) is 8.46. The van der Waals surface area contributed by atoms with Gasteiger partial charge in [-0.25, -0.2) is 0 Å². The normalized spacial score (nSPS) is 33.6. The quantitative estimate of drug-likeness (QED) is 0.828. The fourth-order valence-corrected chi connectivity index (χ4v) is 5.22. The van der Waals surface area contributed by atoms with Crippen LogP contribution in [0, 0.1) is 17.8 Å². The fraction of sp³-hybridized carbons (Fsp3) is 0.667. The van der Waals surface area contributed by atoms with E-state index in [9.17, 15) is 18.0 Å². The van der Waals surface area contributed by atoms with Crippen molar-refractivity contribution in [3.8, 4) is 0 Å². The summed E-state index contributed by atoms with van der Waals surface area (Å²) in [5.41, 5.74) is 6.11. The van der Waals surface area contributed by atoms with Crippen molar-refractivity contribution in [1.29, 1.82) is 0 Å². The van der Waals surface area contributed by atoms with Gasteiger partial charge in [-0.05, 0) is 55.2 Å². The molecule has 154 valence electrons. The second kappa shape index (κ2) is 7.67. The number of halogens is 3. The molecular formula is C21H27F3N2O2. The Bertz CT molecular complexity index is 710. The lowest BCUT2D eigenvalue weighted by molar-refractivity contribution is -0.146. The van der Waals surface area contributed by atoms with E-state index in [4.69, 9.17) is 10.5 Å². The number of carbonyl (C=O) groups is 1. The number of morpholine rings is 1. The van der Waals surface area contributed by atoms with Gasteiger partial charge in [-0.3, -0.25) is 4.79 Å². The molecule has 2 saturated carbocycles. The molecule has 4 rings (SSSR count). The molecule has 7 heteroatoms. The molecule has 0 radical (unpaired) electrons. The molecular weight excluding hydrogens is 369 g/mol. The Kier molecular flexibility index (Phi) is 5.40. The van der Waals surface area contributed by atoms with Crippen molar-refractivity contribution in [3.05, 3.63) is 35.4 Å². The van der Waals surface area contributed by atoms with Crippen molar-refractivity contribution in [2.75, 3.05) is 19.7 Å². The largest absolute Gasteiger partial charge is 0.416 e. The van der Waals surface area contributed by atoms with E-state index in [1.54, 1.807) is 11.0 Å². The van der Waals surface area contributed by atoms with Crippen molar-refractivity contribution in [3.63, 3.8) is 0 Å². The first-order valence-electron chi connectivity index (χ1n) is 10.2. The van der Waals surface area contributed by atoms with E-state index in [1.165, 1.54) is 12.5 Å². The van der Waals surface area contributed by atoms with Gasteiger partial charge >= 0.3 is 6.18 Å². The average molecular weight is 396 g/mol. The number of fused-ring (bicyclic) bond motifs is 2. The molecule has 4 nitrogen and oxygen atoms in total. The highest BCUT2D eigenvalue weighted by atomic mass is 19.4. The van der Waals surface area contributed by atoms with E-state index in [-0.39, 0.29) is 17.9 Å². The zero-order valence-electron chi connectivity index (χ0n) is 15.8. The van der Waals surface area contributed by atoms with Gasteiger partial charge in [0, 0.05) is 18.5 Å². The third-order valence-electron chi connectivity index (χ3n) is 6.73. The minimum absolute atomic E-state index is 0.0182. The van der Waals surface area contributed by atoms with Crippen LogP contribution in [0.15, 0.2) is 24.3 Å². The summed E-state index contributed by atoms with van der Waals surface area (Å²) in [6.07, 6.45) is 0.141. The van der Waals surface area contributed by atoms with Gasteiger partial charge in [0.1, 0.15) is 6.10 Å². The molecule has 1 saturated heterocycles. The Morgan fingerprint density at radius 1 is 1.18 bits per heavy atom. The lowest BCUT2D eigenvalue weighted by Crippen LogP contribution is -2.51. The Labute approximate surface area is 163 Å². The molecule has 2 aliphatic carbocycles. The van der Waals surface area contributed by atoms with Crippen LogP contribution in [0.4, 0.5) is 13.2 Å². The summed E-state index contributed by atoms with van der Waals surface area (Å²) in [6, 6.07) is 5.42. The summed E-state index contributed by atoms with van der Waals surface area (Å²) in [5.74, 6) is 0.933. The predicted octanol–water partition coefficient (Wildman–Crippen LogP) is 3.76. The summed E-state index contributed by atoms with van der Waals surface area (Å²) in [7, 11) is 0. The lowest BCUT2D eigenvalue weighted by Gasteiger charge is -2.45. The molecule has 3 unspecified atom stereocenters. The zero-order chi connectivity index (χ0) is 19.9. The molecule has 28 heavy (non-hydrogen) atoms. The van der Waals surface area contributed by atoms with E-state index in [1.807, 2.05) is 0 Å². The average Bonchev–Trinajstić information content (AvgIpc) is 2.67. The van der Waals surface area contributed by atoms with Crippen molar-refractivity contribution in [2.45, 2.75) is 50.4 Å². The Hall–Kier alpha value is -1.60. The minimum atomic E-state index is -4.39. The van der Waals surface area contributed by atoms with Crippen LogP contribution in [-0.4, -0.2) is 36.5 Å². The van der Waals surface area contributed by atoms with Crippen LogP contribution in [0.2, 0.25) is 0 Å². The van der Waals surface area contributed by atoms with Crippen molar-refractivity contribution in [1.82, 2.24) is 4.90 Å². The number of nitrogens with two attached hydrogens (primary N) is 1. The number of carbonyl (C=O) groups excluding carboxylic acids is 1. The molecule has 1 aromatic carbocycles. The monoisotopic (exact) mass is 396 g/mol. The molecule has 2 N–H and O–H groups in total. The van der Waals surface area contributed by atoms with Gasteiger partial charge in [0.25, 0.3) is 0 Å². The Morgan fingerprint density at radius 3 is 2.57 bits per heavy atom. The molecule has 1 heterocycles. The first kappa shape index (κ1) is 19.7. The summed E-state index contributed by atoms with van der Waals surface area (Å²) in [6.45, 7) is 1.13. The summed E-state index contributed by atoms with van der Waals surface area (Å²) in [4.78, 5) is 14.9. The Balaban J connectivity index is 1.45. The molecule has 0 spiro atoms. The van der Waals surface area contributed by atoms with Crippen LogP contribution in [0.5, 0.6) is 0 Å². The maximum Gasteiger partial charge on any atom is 0.416 e. The summed E-state index contributed by atoms with van der Waals surface area (Å²) >= 11 is 0. The van der Waals surface area contributed by atoms with E-state index < -0.39 is 17.8 Å². The molecule has 1 aromatic rings. The number of amides is 1. The third-order valence-corrected chi connectivity index (χ3v) is 6.73. The zero-order valence-corrected chi connectivity index (χ0v) is 15.8. The number of hydrogen-bond acceptors (Lipinski definition) is 3. The van der Waals surface area contributed by atoms with Gasteiger partial charge in [0.2, 0.25) is 5.91 Å². The summed E-state index contributed by atoms with van der Waals surface area (Å²) in [5, 5.41) is 0. The molecule has 0 aromatic heterocycles. The van der Waals surface area contributed by atoms with Crippen LogP contribution in [0.1, 0.15) is 49.3 Å². The first-order valence-corrected chi connectivity index (χ1v) is 10.2. The van der Waals surface area contributed by atoms with E-state index in [0.717, 1.165) is 37.8 Å². The van der Waals surface area contributed by atoms with E-state index in [0.29, 0.717) is 37.1 Å². The van der Waals surface area contributed by atoms with Crippen LogP contribution in [0.25, 0.3) is 0 Å². The maximum atomic E-state index is 13.1. The van der Waals surface area contributed by atoms with Gasteiger partial charge in [0.05, 0.1) is 18.7 Å². The van der Waals surface area contributed by atoms with Crippen LogP contribution in [-0.2, 0) is 15.7 Å². The molecule has 1 amide bonds. The van der Waals surface area contributed by atoms with E-state index in [2.05, 4.69) is 0 Å². The van der Waals surface area contributed by atoms with Crippen LogP contribution in [0.3, 0.4) is 0 Å². The Morgan fingerprint density at radius 2 is 1.89 bits per heavy atom. The van der Waals surface area contributed by atoms with Gasteiger partial charge in [0.15, 0.2) is 0 Å². The van der Waals surface area contributed by atoms with Gasteiger partial charge in [-0.2, -0.15) is 13.2 Å².